The van der Waals surface area contributed by atoms with E-state index in [-0.39, 0.29) is 34.5 Å². The van der Waals surface area contributed by atoms with Crippen molar-refractivity contribution in [2.75, 3.05) is 7.11 Å². The van der Waals surface area contributed by atoms with E-state index in [9.17, 15) is 15.0 Å². The van der Waals surface area contributed by atoms with Gasteiger partial charge in [0.05, 0.1) is 12.7 Å². The summed E-state index contributed by atoms with van der Waals surface area (Å²) in [7, 11) is 1.45. The van der Waals surface area contributed by atoms with Crippen LogP contribution in [0.2, 0.25) is 0 Å². The summed E-state index contributed by atoms with van der Waals surface area (Å²) in [5.74, 6) is 0.473. The van der Waals surface area contributed by atoms with Crippen LogP contribution in [0, 0.1) is 5.92 Å². The van der Waals surface area contributed by atoms with E-state index >= 15 is 0 Å². The Bertz CT molecular complexity index is 856. The number of aliphatic hydroxyl groups is 1. The number of methoxy groups -OCH3 is 1. The number of carbonyl (C=O) groups excluding carboxylic acids is 1. The number of hydrogen-bond donors (Lipinski definition) is 2. The lowest BCUT2D eigenvalue weighted by molar-refractivity contribution is 0.104. The molecule has 1 unspecified atom stereocenters. The number of benzene rings is 1. The summed E-state index contributed by atoms with van der Waals surface area (Å²) in [6.45, 7) is 3.81. The van der Waals surface area contributed by atoms with E-state index in [0.717, 1.165) is 0 Å². The predicted molar refractivity (Wildman–Crippen MR) is 99.8 cm³/mol. The van der Waals surface area contributed by atoms with Gasteiger partial charge in [-0.2, -0.15) is 0 Å². The Morgan fingerprint density at radius 2 is 2.12 bits per heavy atom. The maximum atomic E-state index is 12.7. The fourth-order valence-electron chi connectivity index (χ4n) is 2.95. The number of ketones is 1. The Morgan fingerprint density at radius 1 is 1.35 bits per heavy atom. The highest BCUT2D eigenvalue weighted by molar-refractivity contribution is 6.09. The largest absolute Gasteiger partial charge is 0.508 e. The highest BCUT2D eigenvalue weighted by atomic mass is 16.5. The molecule has 0 saturated heterocycles. The van der Waals surface area contributed by atoms with E-state index in [1.807, 2.05) is 26.0 Å². The number of phenolic OH excluding ortho intramolecular Hbond substituents is 1. The molecule has 136 valence electrons. The van der Waals surface area contributed by atoms with Crippen molar-refractivity contribution in [1.82, 2.24) is 0 Å². The number of hydrogen-bond acceptors (Lipinski definition) is 5. The first kappa shape index (κ1) is 17.9. The minimum atomic E-state index is -0.498. The van der Waals surface area contributed by atoms with Gasteiger partial charge >= 0.3 is 0 Å². The van der Waals surface area contributed by atoms with E-state index < -0.39 is 5.60 Å². The molecule has 0 radical (unpaired) electrons. The molecule has 1 aliphatic carbocycles. The quantitative estimate of drug-likeness (QED) is 0.621. The molecule has 0 bridgehead atoms. The molecule has 3 rings (SSSR count). The van der Waals surface area contributed by atoms with Crippen LogP contribution in [0.1, 0.15) is 36.2 Å². The van der Waals surface area contributed by atoms with E-state index in [2.05, 4.69) is 0 Å². The average Bonchev–Trinajstić information content (AvgIpc) is 2.59. The summed E-state index contributed by atoms with van der Waals surface area (Å²) in [6, 6.07) is 1.63. The summed E-state index contributed by atoms with van der Waals surface area (Å²) in [4.78, 5) is 12.7. The lowest BCUT2D eigenvalue weighted by atomic mass is 9.95. The molecule has 26 heavy (non-hydrogen) atoms. The van der Waals surface area contributed by atoms with Gasteiger partial charge in [-0.05, 0) is 56.6 Å². The molecule has 0 amide bonds. The first-order chi connectivity index (χ1) is 12.3. The minimum absolute atomic E-state index is 0.0182. The van der Waals surface area contributed by atoms with Crippen molar-refractivity contribution in [1.29, 1.82) is 0 Å². The van der Waals surface area contributed by atoms with Crippen molar-refractivity contribution in [3.63, 3.8) is 0 Å². The van der Waals surface area contributed by atoms with Gasteiger partial charge in [0.1, 0.15) is 34.2 Å². The van der Waals surface area contributed by atoms with E-state index in [4.69, 9.17) is 9.47 Å². The van der Waals surface area contributed by atoms with Crippen LogP contribution in [-0.4, -0.2) is 28.7 Å². The van der Waals surface area contributed by atoms with Crippen molar-refractivity contribution < 1.29 is 24.5 Å². The zero-order valence-electron chi connectivity index (χ0n) is 15.0. The molecule has 0 aromatic heterocycles. The average molecular weight is 354 g/mol. The molecule has 1 heterocycles. The van der Waals surface area contributed by atoms with Crippen molar-refractivity contribution in [3.05, 3.63) is 59.4 Å². The number of ether oxygens (including phenoxy) is 2. The van der Waals surface area contributed by atoms with Gasteiger partial charge in [0.25, 0.3) is 0 Å². The Kier molecular flexibility index (Phi) is 4.64. The molecule has 0 saturated carbocycles. The molecule has 2 N–H and O–H groups in total. The van der Waals surface area contributed by atoms with Crippen molar-refractivity contribution >= 4 is 11.9 Å². The minimum Gasteiger partial charge on any atom is -0.508 e. The van der Waals surface area contributed by atoms with Crippen molar-refractivity contribution in [3.8, 4) is 17.2 Å². The molecule has 1 aromatic carbocycles. The molecular weight excluding hydrogens is 332 g/mol. The SMILES string of the molecule is COc1cc2c(c(O)c1C(=O)/C=C/C1C=CC(O)=CC1)C=CC(C)(C)O2. The lowest BCUT2D eigenvalue weighted by Crippen LogP contribution is -2.27. The zero-order valence-corrected chi connectivity index (χ0v) is 15.0. The Hall–Kier alpha value is -2.95. The number of fused-ring (bicyclic) bond motifs is 1. The fraction of sp³-hybridized carbons (Fsp3) is 0.286. The number of aliphatic hydroxyl groups excluding tert-OH is 1. The molecule has 0 fully saturated rings. The second-order valence-corrected chi connectivity index (χ2v) is 6.86. The van der Waals surface area contributed by atoms with Gasteiger partial charge in [-0.3, -0.25) is 4.79 Å². The van der Waals surface area contributed by atoms with E-state index in [1.54, 1.807) is 30.4 Å². The van der Waals surface area contributed by atoms with Crippen LogP contribution < -0.4 is 9.47 Å². The topological polar surface area (TPSA) is 76.0 Å². The monoisotopic (exact) mass is 354 g/mol. The van der Waals surface area contributed by atoms with E-state index in [0.29, 0.717) is 17.7 Å². The number of aromatic hydroxyl groups is 1. The molecule has 1 atom stereocenters. The first-order valence-electron chi connectivity index (χ1n) is 8.43. The Labute approximate surface area is 152 Å². The van der Waals surface area contributed by atoms with Crippen LogP contribution in [0.5, 0.6) is 17.2 Å². The highest BCUT2D eigenvalue weighted by Gasteiger charge is 2.28. The van der Waals surface area contributed by atoms with Crippen LogP contribution in [0.25, 0.3) is 6.08 Å². The van der Waals surface area contributed by atoms with Gasteiger partial charge in [0.2, 0.25) is 0 Å². The second-order valence-electron chi connectivity index (χ2n) is 6.86. The molecule has 0 spiro atoms. The van der Waals surface area contributed by atoms with Crippen LogP contribution in [0.4, 0.5) is 0 Å². The number of allylic oxidation sites excluding steroid dienone is 5. The molecule has 1 aromatic rings. The van der Waals surface area contributed by atoms with Crippen LogP contribution in [0.3, 0.4) is 0 Å². The Balaban J connectivity index is 1.92. The molecule has 1 aliphatic heterocycles. The molecule has 2 aliphatic rings. The van der Waals surface area contributed by atoms with Crippen molar-refractivity contribution in [2.45, 2.75) is 25.9 Å². The predicted octanol–water partition coefficient (Wildman–Crippen LogP) is 4.34. The smallest absolute Gasteiger partial charge is 0.193 e. The molecular formula is C21H22O5. The number of phenols is 1. The van der Waals surface area contributed by atoms with Gasteiger partial charge in [-0.15, -0.1) is 0 Å². The van der Waals surface area contributed by atoms with Gasteiger partial charge in [-0.1, -0.05) is 12.2 Å². The van der Waals surface area contributed by atoms with Gasteiger partial charge in [-0.25, -0.2) is 0 Å². The van der Waals surface area contributed by atoms with Crippen LogP contribution >= 0.6 is 0 Å². The first-order valence-corrected chi connectivity index (χ1v) is 8.43. The van der Waals surface area contributed by atoms with Gasteiger partial charge in [0.15, 0.2) is 5.78 Å². The summed E-state index contributed by atoms with van der Waals surface area (Å²) in [5, 5.41) is 20.0. The zero-order chi connectivity index (χ0) is 18.9. The van der Waals surface area contributed by atoms with E-state index in [1.165, 1.54) is 13.2 Å². The highest BCUT2D eigenvalue weighted by Crippen LogP contribution is 2.43. The number of rotatable bonds is 4. The normalized spacial score (nSPS) is 20.4. The number of carbonyl (C=O) groups is 1. The standard InChI is InChI=1S/C21H22O5/c1-21(2)11-10-15-17(26-21)12-18(25-3)19(20(15)24)16(23)9-6-13-4-7-14(22)8-5-13/h4,6-13,22,24H,5H2,1-3H3/b9-6+. The third-order valence-corrected chi connectivity index (χ3v) is 4.36. The third kappa shape index (κ3) is 3.52. The maximum absolute atomic E-state index is 12.7. The summed E-state index contributed by atoms with van der Waals surface area (Å²) in [6.07, 6.45) is 12.5. The Morgan fingerprint density at radius 3 is 2.77 bits per heavy atom. The van der Waals surface area contributed by atoms with Gasteiger partial charge in [0, 0.05) is 6.07 Å². The molecule has 5 heteroatoms. The van der Waals surface area contributed by atoms with Crippen LogP contribution in [0.15, 0.2) is 48.3 Å². The summed E-state index contributed by atoms with van der Waals surface area (Å²) < 4.78 is 11.2. The van der Waals surface area contributed by atoms with Gasteiger partial charge < -0.3 is 19.7 Å². The summed E-state index contributed by atoms with van der Waals surface area (Å²) in [5.41, 5.74) is 0.0726. The van der Waals surface area contributed by atoms with Crippen molar-refractivity contribution in [2.24, 2.45) is 5.92 Å². The summed E-state index contributed by atoms with van der Waals surface area (Å²) >= 11 is 0. The molecule has 5 nitrogen and oxygen atoms in total. The third-order valence-electron chi connectivity index (χ3n) is 4.36. The van der Waals surface area contributed by atoms with Crippen LogP contribution in [-0.2, 0) is 0 Å². The fourth-order valence-corrected chi connectivity index (χ4v) is 2.95. The second kappa shape index (κ2) is 6.75. The lowest BCUT2D eigenvalue weighted by Gasteiger charge is -2.29. The maximum Gasteiger partial charge on any atom is 0.193 e.